The molecule has 3 nitrogen and oxygen atoms in total. The van der Waals surface area contributed by atoms with Crippen molar-refractivity contribution in [2.75, 3.05) is 19.6 Å². The Hall–Kier alpha value is 0.1000. The molecule has 5 rings (SSSR count). The SMILES string of the molecule is Clc1nsnc1C1(Cl)C2CC3CC1CN(C3)C2. The lowest BCUT2D eigenvalue weighted by atomic mass is 9.60. The first-order valence-electron chi connectivity index (χ1n) is 6.07. The summed E-state index contributed by atoms with van der Waals surface area (Å²) in [5.74, 6) is 1.83. The van der Waals surface area contributed by atoms with Gasteiger partial charge < -0.3 is 4.90 Å². The fourth-order valence-electron chi connectivity index (χ4n) is 4.15. The summed E-state index contributed by atoms with van der Waals surface area (Å²) in [6.07, 6.45) is 2.45. The predicted octanol–water partition coefficient (Wildman–Crippen LogP) is 2.60. The Morgan fingerprint density at radius 1 is 1.18 bits per heavy atom. The summed E-state index contributed by atoms with van der Waals surface area (Å²) in [6, 6.07) is 0. The van der Waals surface area contributed by atoms with Gasteiger partial charge in [-0.1, -0.05) is 11.6 Å². The molecule has 0 aromatic carbocycles. The van der Waals surface area contributed by atoms with E-state index in [-0.39, 0.29) is 4.87 Å². The van der Waals surface area contributed by atoms with Gasteiger partial charge in [0.25, 0.3) is 0 Å². The number of aromatic nitrogens is 2. The second-order valence-electron chi connectivity index (χ2n) is 5.62. The molecule has 2 atom stereocenters. The molecule has 0 amide bonds. The molecule has 4 heterocycles. The van der Waals surface area contributed by atoms with E-state index in [0.717, 1.165) is 24.7 Å². The maximum atomic E-state index is 6.99. The van der Waals surface area contributed by atoms with Crippen LogP contribution in [0.25, 0.3) is 0 Å². The van der Waals surface area contributed by atoms with Crippen LogP contribution in [0.4, 0.5) is 0 Å². The standard InChI is InChI=1S/C11H13Cl2N3S/c12-10-9(14-17-15-10)11(13)7-1-6-2-8(11)5-16(3-6)4-7/h6-8H,1-5H2. The summed E-state index contributed by atoms with van der Waals surface area (Å²) < 4.78 is 8.47. The molecule has 2 unspecified atom stereocenters. The largest absolute Gasteiger partial charge is 0.302 e. The molecule has 4 fully saturated rings. The summed E-state index contributed by atoms with van der Waals surface area (Å²) in [5.41, 5.74) is 0.848. The second kappa shape index (κ2) is 3.56. The first kappa shape index (κ1) is 11.0. The monoisotopic (exact) mass is 289 g/mol. The minimum Gasteiger partial charge on any atom is -0.302 e. The van der Waals surface area contributed by atoms with Gasteiger partial charge in [-0.15, -0.1) is 11.6 Å². The third-order valence-electron chi connectivity index (χ3n) is 4.71. The van der Waals surface area contributed by atoms with Crippen LogP contribution in [-0.2, 0) is 4.87 Å². The number of piperidine rings is 3. The highest BCUT2D eigenvalue weighted by Crippen LogP contribution is 2.58. The third kappa shape index (κ3) is 1.38. The van der Waals surface area contributed by atoms with Crippen LogP contribution in [0.3, 0.4) is 0 Å². The Morgan fingerprint density at radius 3 is 2.41 bits per heavy atom. The average Bonchev–Trinajstić information content (AvgIpc) is 2.71. The molecule has 1 saturated carbocycles. The number of alkyl halides is 1. The van der Waals surface area contributed by atoms with Gasteiger partial charge in [-0.3, -0.25) is 0 Å². The molecule has 1 aromatic heterocycles. The molecule has 3 aliphatic heterocycles. The number of hydrogen-bond acceptors (Lipinski definition) is 4. The van der Waals surface area contributed by atoms with E-state index < -0.39 is 0 Å². The molecule has 92 valence electrons. The zero-order valence-corrected chi connectivity index (χ0v) is 11.6. The number of nitrogens with zero attached hydrogens (tertiary/aromatic N) is 3. The van der Waals surface area contributed by atoms with Gasteiger partial charge in [0.05, 0.1) is 16.6 Å². The van der Waals surface area contributed by atoms with Gasteiger partial charge in [-0.25, -0.2) is 0 Å². The van der Waals surface area contributed by atoms with Gasteiger partial charge in [-0.2, -0.15) is 8.75 Å². The Labute approximate surface area is 114 Å². The van der Waals surface area contributed by atoms with E-state index in [1.165, 1.54) is 31.1 Å². The van der Waals surface area contributed by atoms with Crippen molar-refractivity contribution in [2.24, 2.45) is 17.8 Å². The first-order valence-corrected chi connectivity index (χ1v) is 7.56. The molecular formula is C11H13Cl2N3S. The predicted molar refractivity (Wildman–Crippen MR) is 68.6 cm³/mol. The molecule has 0 N–H and O–H groups in total. The van der Waals surface area contributed by atoms with Crippen molar-refractivity contribution in [1.82, 2.24) is 13.6 Å². The maximum absolute atomic E-state index is 6.99. The first-order chi connectivity index (χ1) is 8.18. The zero-order valence-electron chi connectivity index (χ0n) is 9.27. The molecule has 0 radical (unpaired) electrons. The Kier molecular flexibility index (Phi) is 2.30. The summed E-state index contributed by atoms with van der Waals surface area (Å²) in [6.45, 7) is 3.47. The van der Waals surface area contributed by atoms with Gasteiger partial charge in [-0.05, 0) is 30.6 Å². The van der Waals surface area contributed by atoms with Crippen molar-refractivity contribution < 1.29 is 0 Å². The minimum atomic E-state index is -0.350. The fourth-order valence-corrected chi connectivity index (χ4v) is 5.55. The van der Waals surface area contributed by atoms with Crippen LogP contribution in [0.2, 0.25) is 5.15 Å². The van der Waals surface area contributed by atoms with Gasteiger partial charge >= 0.3 is 0 Å². The van der Waals surface area contributed by atoms with E-state index in [2.05, 4.69) is 13.6 Å². The van der Waals surface area contributed by atoms with E-state index in [9.17, 15) is 0 Å². The normalized spacial score (nSPS) is 47.6. The van der Waals surface area contributed by atoms with Gasteiger partial charge in [0.2, 0.25) is 0 Å². The highest BCUT2D eigenvalue weighted by molar-refractivity contribution is 6.99. The van der Waals surface area contributed by atoms with Crippen molar-refractivity contribution in [1.29, 1.82) is 0 Å². The fraction of sp³-hybridized carbons (Fsp3) is 0.818. The van der Waals surface area contributed by atoms with Crippen molar-refractivity contribution in [2.45, 2.75) is 17.7 Å². The highest BCUT2D eigenvalue weighted by atomic mass is 35.5. The van der Waals surface area contributed by atoms with Crippen LogP contribution in [0.15, 0.2) is 0 Å². The quantitative estimate of drug-likeness (QED) is 0.744. The smallest absolute Gasteiger partial charge is 0.167 e. The molecule has 6 heteroatoms. The highest BCUT2D eigenvalue weighted by Gasteiger charge is 2.58. The van der Waals surface area contributed by atoms with Crippen LogP contribution >= 0.6 is 34.9 Å². The Balaban J connectivity index is 1.81. The van der Waals surface area contributed by atoms with Gasteiger partial charge in [0.1, 0.15) is 5.69 Å². The third-order valence-corrected chi connectivity index (χ3v) is 6.40. The number of rotatable bonds is 1. The molecule has 17 heavy (non-hydrogen) atoms. The second-order valence-corrected chi connectivity index (χ2v) is 7.13. The Bertz CT molecular complexity index is 433. The lowest BCUT2D eigenvalue weighted by molar-refractivity contribution is -0.0533. The van der Waals surface area contributed by atoms with Gasteiger partial charge in [0, 0.05) is 19.6 Å². The molecule has 1 aliphatic carbocycles. The summed E-state index contributed by atoms with van der Waals surface area (Å²) in [7, 11) is 0. The van der Waals surface area contributed by atoms with Crippen LogP contribution in [0.1, 0.15) is 18.5 Å². The zero-order chi connectivity index (χ0) is 11.6. The number of hydrogen-bond donors (Lipinski definition) is 0. The molecule has 0 spiro atoms. The van der Waals surface area contributed by atoms with E-state index in [4.69, 9.17) is 23.2 Å². The van der Waals surface area contributed by atoms with Gasteiger partial charge in [0.15, 0.2) is 5.15 Å². The van der Waals surface area contributed by atoms with Crippen LogP contribution in [0, 0.1) is 17.8 Å². The molecule has 4 bridgehead atoms. The number of halogens is 2. The van der Waals surface area contributed by atoms with Crippen molar-refractivity contribution in [3.05, 3.63) is 10.8 Å². The lowest BCUT2D eigenvalue weighted by Crippen LogP contribution is -2.63. The molecule has 1 aromatic rings. The molecule has 3 saturated heterocycles. The van der Waals surface area contributed by atoms with Crippen molar-refractivity contribution >= 4 is 34.9 Å². The van der Waals surface area contributed by atoms with E-state index in [1.54, 1.807) is 0 Å². The lowest BCUT2D eigenvalue weighted by Gasteiger charge is -2.59. The minimum absolute atomic E-state index is 0.350. The Morgan fingerprint density at radius 2 is 1.88 bits per heavy atom. The van der Waals surface area contributed by atoms with Crippen molar-refractivity contribution in [3.8, 4) is 0 Å². The summed E-state index contributed by atoms with van der Waals surface area (Å²) in [5, 5.41) is 0.521. The van der Waals surface area contributed by atoms with Crippen molar-refractivity contribution in [3.63, 3.8) is 0 Å². The maximum Gasteiger partial charge on any atom is 0.167 e. The van der Waals surface area contributed by atoms with E-state index >= 15 is 0 Å². The van der Waals surface area contributed by atoms with Crippen LogP contribution < -0.4 is 0 Å². The summed E-state index contributed by atoms with van der Waals surface area (Å²) >= 11 is 14.3. The molecule has 4 aliphatic rings. The van der Waals surface area contributed by atoms with E-state index in [1.807, 2.05) is 0 Å². The van der Waals surface area contributed by atoms with Crippen LogP contribution in [0.5, 0.6) is 0 Å². The topological polar surface area (TPSA) is 29.0 Å². The summed E-state index contributed by atoms with van der Waals surface area (Å²) in [4.78, 5) is 2.21. The average molecular weight is 290 g/mol. The van der Waals surface area contributed by atoms with E-state index in [0.29, 0.717) is 17.0 Å². The molecular weight excluding hydrogens is 277 g/mol. The van der Waals surface area contributed by atoms with Crippen LogP contribution in [-0.4, -0.2) is 33.3 Å².